The molecule has 192 valence electrons. The number of nitrogens with one attached hydrogen (secondary N) is 1. The fourth-order valence-electron chi connectivity index (χ4n) is 5.43. The molecule has 2 atom stereocenters. The van der Waals surface area contributed by atoms with E-state index in [-0.39, 0.29) is 43.3 Å². The highest BCUT2D eigenvalue weighted by molar-refractivity contribution is 5.91. The van der Waals surface area contributed by atoms with Crippen molar-refractivity contribution in [2.45, 2.75) is 69.7 Å². The fraction of sp³-hybridized carbons (Fsp3) is 0.625. The van der Waals surface area contributed by atoms with Gasteiger partial charge in [-0.25, -0.2) is 18.6 Å². The number of carbonyl (C=O) groups is 3. The maximum Gasteiger partial charge on any atom is 0.334 e. The first-order valence-electron chi connectivity index (χ1n) is 12.4. The molecule has 1 saturated carbocycles. The number of benzene rings is 1. The van der Waals surface area contributed by atoms with Gasteiger partial charge in [-0.15, -0.1) is 0 Å². The second-order valence-corrected chi connectivity index (χ2v) is 9.42. The molecule has 35 heavy (non-hydrogen) atoms. The largest absolute Gasteiger partial charge is 0.334 e. The van der Waals surface area contributed by atoms with E-state index < -0.39 is 25.0 Å². The Morgan fingerprint density at radius 1 is 1.11 bits per heavy atom. The highest BCUT2D eigenvalue weighted by Gasteiger charge is 2.52. The molecule has 3 fully saturated rings. The lowest BCUT2D eigenvalue weighted by atomic mass is 9.91. The number of hydrazine groups is 1. The molecule has 1 aliphatic carbocycles. The highest BCUT2D eigenvalue weighted by atomic mass is 19.1. The lowest BCUT2D eigenvalue weighted by molar-refractivity contribution is -0.198. The molecule has 2 heterocycles. The van der Waals surface area contributed by atoms with Crippen LogP contribution in [-0.4, -0.2) is 82.3 Å². The van der Waals surface area contributed by atoms with Crippen molar-refractivity contribution < 1.29 is 23.2 Å². The number of fused-ring (bicyclic) bond motifs is 1. The van der Waals surface area contributed by atoms with E-state index in [1.165, 1.54) is 22.0 Å². The number of carbonyl (C=O) groups excluding carboxylic acids is 3. The summed E-state index contributed by atoms with van der Waals surface area (Å²) in [5.74, 6) is -0.878. The van der Waals surface area contributed by atoms with Gasteiger partial charge in [0, 0.05) is 12.6 Å². The number of nitrogens with zero attached hydrogens (tertiary/aromatic N) is 4. The number of piperazine rings is 1. The Morgan fingerprint density at radius 2 is 1.83 bits per heavy atom. The molecule has 11 heteroatoms. The van der Waals surface area contributed by atoms with Gasteiger partial charge in [0.1, 0.15) is 24.6 Å². The second-order valence-electron chi connectivity index (χ2n) is 9.42. The summed E-state index contributed by atoms with van der Waals surface area (Å²) >= 11 is 0. The zero-order chi connectivity index (χ0) is 24.9. The number of halogens is 2. The van der Waals surface area contributed by atoms with E-state index in [1.54, 1.807) is 17.0 Å². The quantitative estimate of drug-likeness (QED) is 0.567. The van der Waals surface area contributed by atoms with Gasteiger partial charge < -0.3 is 20.9 Å². The third kappa shape index (κ3) is 5.40. The van der Waals surface area contributed by atoms with Crippen LogP contribution in [0, 0.1) is 5.82 Å². The van der Waals surface area contributed by atoms with E-state index in [4.69, 9.17) is 5.73 Å². The van der Waals surface area contributed by atoms with Crippen LogP contribution in [0.2, 0.25) is 0 Å². The Balaban J connectivity index is 1.60. The van der Waals surface area contributed by atoms with E-state index in [0.717, 1.165) is 37.1 Å². The summed E-state index contributed by atoms with van der Waals surface area (Å²) in [4.78, 5) is 43.2. The SMILES string of the molecule is NCCC[C@H]1C(=O)N(C2CCCCC2)C[C@H]2N1C(=O)CN(CF)N2C(=O)NCc1ccc(F)cc1. The van der Waals surface area contributed by atoms with Crippen molar-refractivity contribution in [1.82, 2.24) is 25.1 Å². The Hall–Kier alpha value is -2.79. The summed E-state index contributed by atoms with van der Waals surface area (Å²) in [5, 5.41) is 5.08. The van der Waals surface area contributed by atoms with Gasteiger partial charge in [0.05, 0.1) is 6.54 Å². The predicted octanol–water partition coefficient (Wildman–Crippen LogP) is 1.93. The van der Waals surface area contributed by atoms with Gasteiger partial charge in [-0.05, 0) is 49.9 Å². The zero-order valence-corrected chi connectivity index (χ0v) is 19.9. The van der Waals surface area contributed by atoms with Crippen LogP contribution >= 0.6 is 0 Å². The van der Waals surface area contributed by atoms with Crippen LogP contribution in [0.4, 0.5) is 13.6 Å². The van der Waals surface area contributed by atoms with Crippen LogP contribution in [0.25, 0.3) is 0 Å². The number of hydrogen-bond acceptors (Lipinski definition) is 5. The van der Waals surface area contributed by atoms with Crippen LogP contribution in [0.5, 0.6) is 0 Å². The fourth-order valence-corrected chi connectivity index (χ4v) is 5.43. The second kappa shape index (κ2) is 11.3. The van der Waals surface area contributed by atoms with E-state index in [9.17, 15) is 23.2 Å². The standard InChI is InChI=1S/C24H34F2N6O3/c25-16-29-15-22(33)31-20(7-4-12-27)23(34)30(19-5-2-1-3-6-19)14-21(31)32(29)24(35)28-13-17-8-10-18(26)11-9-17/h8-11,19-21H,1-7,12-16,27H2,(H,28,35)/t20-,21-/m0/s1. The molecular weight excluding hydrogens is 458 g/mol. The van der Waals surface area contributed by atoms with Crippen LogP contribution in [0.15, 0.2) is 24.3 Å². The van der Waals surface area contributed by atoms with Gasteiger partial charge in [0.25, 0.3) is 0 Å². The van der Waals surface area contributed by atoms with Gasteiger partial charge in [0.2, 0.25) is 11.8 Å². The molecule has 4 rings (SSSR count). The molecule has 0 unspecified atom stereocenters. The third-order valence-corrected chi connectivity index (χ3v) is 7.18. The molecule has 1 aromatic rings. The first-order chi connectivity index (χ1) is 16.9. The van der Waals surface area contributed by atoms with Gasteiger partial charge >= 0.3 is 6.03 Å². The average Bonchev–Trinajstić information content (AvgIpc) is 2.87. The summed E-state index contributed by atoms with van der Waals surface area (Å²) < 4.78 is 27.3. The molecule has 2 saturated heterocycles. The van der Waals surface area contributed by atoms with Crippen molar-refractivity contribution in [3.8, 4) is 0 Å². The lowest BCUT2D eigenvalue weighted by Gasteiger charge is -2.56. The van der Waals surface area contributed by atoms with Crippen LogP contribution < -0.4 is 11.1 Å². The number of urea groups is 1. The summed E-state index contributed by atoms with van der Waals surface area (Å²) in [5.41, 5.74) is 6.39. The number of alkyl halides is 1. The molecule has 0 bridgehead atoms. The van der Waals surface area contributed by atoms with E-state index in [0.29, 0.717) is 24.9 Å². The van der Waals surface area contributed by atoms with Crippen molar-refractivity contribution in [2.75, 3.05) is 26.4 Å². The molecular formula is C24H34F2N6O3. The number of rotatable bonds is 7. The van der Waals surface area contributed by atoms with Gasteiger partial charge in [-0.1, -0.05) is 31.4 Å². The summed E-state index contributed by atoms with van der Waals surface area (Å²) in [6.07, 6.45) is 5.04. The molecule has 1 aromatic carbocycles. The van der Waals surface area contributed by atoms with Crippen molar-refractivity contribution in [3.05, 3.63) is 35.6 Å². The normalized spacial score (nSPS) is 24.0. The van der Waals surface area contributed by atoms with Crippen LogP contribution in [-0.2, 0) is 16.1 Å². The van der Waals surface area contributed by atoms with Crippen molar-refractivity contribution in [1.29, 1.82) is 0 Å². The molecule has 3 N–H and O–H groups in total. The first kappa shape index (κ1) is 25.3. The maximum atomic E-state index is 14.1. The summed E-state index contributed by atoms with van der Waals surface area (Å²) in [7, 11) is 0. The average molecular weight is 493 g/mol. The molecule has 4 amide bonds. The van der Waals surface area contributed by atoms with Crippen LogP contribution in [0.3, 0.4) is 0 Å². The first-order valence-corrected chi connectivity index (χ1v) is 12.4. The van der Waals surface area contributed by atoms with E-state index >= 15 is 0 Å². The molecule has 2 aliphatic heterocycles. The van der Waals surface area contributed by atoms with Gasteiger partial charge in [0.15, 0.2) is 6.80 Å². The Labute approximate surface area is 204 Å². The summed E-state index contributed by atoms with van der Waals surface area (Å²) in [6.45, 7) is -0.747. The Morgan fingerprint density at radius 3 is 2.49 bits per heavy atom. The molecule has 0 aromatic heterocycles. The zero-order valence-electron chi connectivity index (χ0n) is 19.9. The Kier molecular flexibility index (Phi) is 8.17. The van der Waals surface area contributed by atoms with E-state index in [1.807, 2.05) is 0 Å². The monoisotopic (exact) mass is 492 g/mol. The van der Waals surface area contributed by atoms with Crippen molar-refractivity contribution in [2.24, 2.45) is 5.73 Å². The molecule has 0 spiro atoms. The van der Waals surface area contributed by atoms with Gasteiger partial charge in [-0.2, -0.15) is 5.01 Å². The van der Waals surface area contributed by atoms with Gasteiger partial charge in [-0.3, -0.25) is 9.59 Å². The lowest BCUT2D eigenvalue weighted by Crippen LogP contribution is -2.77. The minimum atomic E-state index is -1.02. The maximum absolute atomic E-state index is 14.1. The highest BCUT2D eigenvalue weighted by Crippen LogP contribution is 2.32. The van der Waals surface area contributed by atoms with E-state index in [2.05, 4.69) is 5.32 Å². The molecule has 9 nitrogen and oxygen atoms in total. The minimum Gasteiger partial charge on any atom is -0.334 e. The molecule has 3 aliphatic rings. The number of nitrogens with two attached hydrogens (primary N) is 1. The number of amides is 4. The van der Waals surface area contributed by atoms with Crippen LogP contribution in [0.1, 0.15) is 50.5 Å². The van der Waals surface area contributed by atoms with Crippen molar-refractivity contribution in [3.63, 3.8) is 0 Å². The summed E-state index contributed by atoms with van der Waals surface area (Å²) in [6, 6.07) is 4.44. The number of hydrogen-bond donors (Lipinski definition) is 2. The minimum absolute atomic E-state index is 0.0405. The predicted molar refractivity (Wildman–Crippen MR) is 124 cm³/mol. The third-order valence-electron chi connectivity index (χ3n) is 7.18. The molecule has 0 radical (unpaired) electrons. The smallest absolute Gasteiger partial charge is 0.334 e. The Bertz CT molecular complexity index is 911. The topological polar surface area (TPSA) is 102 Å². The van der Waals surface area contributed by atoms with Crippen molar-refractivity contribution >= 4 is 17.8 Å².